The molecule has 1 aromatic carbocycles. The van der Waals surface area contributed by atoms with Crippen molar-refractivity contribution in [2.75, 3.05) is 13.6 Å². The van der Waals surface area contributed by atoms with E-state index in [4.69, 9.17) is 0 Å². The van der Waals surface area contributed by atoms with Gasteiger partial charge in [-0.1, -0.05) is 18.2 Å². The van der Waals surface area contributed by atoms with Crippen LogP contribution in [-0.4, -0.2) is 18.6 Å². The summed E-state index contributed by atoms with van der Waals surface area (Å²) in [7, 11) is 2.12. The number of rotatable bonds is 5. The number of hydrogen-bond donors (Lipinski definition) is 1. The molecule has 2 aromatic rings. The monoisotopic (exact) mass is 245 g/mol. The average Bonchev–Trinajstić information content (AvgIpc) is 2.38. The number of benzene rings is 1. The Morgan fingerprint density at radius 2 is 2.06 bits per heavy atom. The highest BCUT2D eigenvalue weighted by Crippen LogP contribution is 2.01. The molecule has 3 heteroatoms. The van der Waals surface area contributed by atoms with Gasteiger partial charge in [0.05, 0.1) is 13.6 Å². The highest BCUT2D eigenvalue weighted by Gasteiger charge is 2.05. The maximum absolute atomic E-state index is 13.0. The van der Waals surface area contributed by atoms with Crippen LogP contribution in [0, 0.1) is 5.82 Å². The molecular formula is C15H18FN2+. The van der Waals surface area contributed by atoms with Crippen LogP contribution in [0.2, 0.25) is 0 Å². The zero-order chi connectivity index (χ0) is 12.8. The van der Waals surface area contributed by atoms with Gasteiger partial charge in [0.1, 0.15) is 12.4 Å². The summed E-state index contributed by atoms with van der Waals surface area (Å²) < 4.78 is 13.0. The summed E-state index contributed by atoms with van der Waals surface area (Å²) in [4.78, 5) is 5.65. The van der Waals surface area contributed by atoms with Gasteiger partial charge in [-0.3, -0.25) is 4.98 Å². The summed E-state index contributed by atoms with van der Waals surface area (Å²) in [6, 6.07) is 12.8. The van der Waals surface area contributed by atoms with Crippen LogP contribution in [0.4, 0.5) is 4.39 Å². The van der Waals surface area contributed by atoms with Crippen molar-refractivity contribution in [3.63, 3.8) is 0 Å². The predicted octanol–water partition coefficient (Wildman–Crippen LogP) is 1.48. The second-order valence-corrected chi connectivity index (χ2v) is 4.58. The molecule has 0 aliphatic heterocycles. The fraction of sp³-hybridized carbons (Fsp3) is 0.267. The van der Waals surface area contributed by atoms with E-state index in [0.29, 0.717) is 0 Å². The summed E-state index contributed by atoms with van der Waals surface area (Å²) >= 11 is 0. The molecule has 2 nitrogen and oxygen atoms in total. The molecule has 94 valence electrons. The van der Waals surface area contributed by atoms with Crippen LogP contribution in [0.25, 0.3) is 0 Å². The normalized spacial score (nSPS) is 12.3. The third kappa shape index (κ3) is 3.93. The molecule has 0 bridgehead atoms. The van der Waals surface area contributed by atoms with Crippen LogP contribution in [0.5, 0.6) is 0 Å². The van der Waals surface area contributed by atoms with Gasteiger partial charge >= 0.3 is 0 Å². The molecule has 0 saturated heterocycles. The number of pyridine rings is 1. The quantitative estimate of drug-likeness (QED) is 0.844. The summed E-state index contributed by atoms with van der Waals surface area (Å²) in [6.45, 7) is 1.83. The van der Waals surface area contributed by atoms with E-state index in [-0.39, 0.29) is 5.82 Å². The van der Waals surface area contributed by atoms with Crippen molar-refractivity contribution < 1.29 is 9.29 Å². The molecule has 0 aliphatic carbocycles. The molecule has 0 fully saturated rings. The van der Waals surface area contributed by atoms with E-state index in [1.54, 1.807) is 12.1 Å². The highest BCUT2D eigenvalue weighted by molar-refractivity contribution is 5.15. The summed E-state index contributed by atoms with van der Waals surface area (Å²) in [6.07, 6.45) is 2.76. The van der Waals surface area contributed by atoms with Crippen LogP contribution in [-0.2, 0) is 13.0 Å². The Morgan fingerprint density at radius 3 is 2.78 bits per heavy atom. The van der Waals surface area contributed by atoms with Crippen molar-refractivity contribution in [3.05, 3.63) is 65.7 Å². The molecule has 0 radical (unpaired) electrons. The van der Waals surface area contributed by atoms with E-state index in [1.807, 2.05) is 30.5 Å². The van der Waals surface area contributed by atoms with E-state index < -0.39 is 0 Å². The first-order chi connectivity index (χ1) is 8.74. The molecule has 0 amide bonds. The number of halogens is 1. The number of quaternary nitrogens is 1. The summed E-state index contributed by atoms with van der Waals surface area (Å²) in [5.74, 6) is -0.162. The van der Waals surface area contributed by atoms with E-state index in [2.05, 4.69) is 12.0 Å². The Morgan fingerprint density at radius 1 is 1.17 bits per heavy atom. The lowest BCUT2D eigenvalue weighted by molar-refractivity contribution is -0.893. The average molecular weight is 245 g/mol. The Hall–Kier alpha value is -1.74. The summed E-state index contributed by atoms with van der Waals surface area (Å²) in [5.41, 5.74) is 2.14. The van der Waals surface area contributed by atoms with E-state index in [1.165, 1.54) is 11.0 Å². The number of hydrogen-bond acceptors (Lipinski definition) is 1. The Kier molecular flexibility index (Phi) is 4.42. The van der Waals surface area contributed by atoms with Gasteiger partial charge in [0.25, 0.3) is 0 Å². The molecule has 2 rings (SSSR count). The topological polar surface area (TPSA) is 17.3 Å². The van der Waals surface area contributed by atoms with Crippen molar-refractivity contribution in [3.8, 4) is 0 Å². The number of aromatic nitrogens is 1. The lowest BCUT2D eigenvalue weighted by Crippen LogP contribution is -3.07. The smallest absolute Gasteiger partial charge is 0.123 e. The van der Waals surface area contributed by atoms with Gasteiger partial charge in [-0.2, -0.15) is 0 Å². The molecule has 0 saturated carbocycles. The Bertz CT molecular complexity index is 485. The largest absolute Gasteiger partial charge is 0.333 e. The van der Waals surface area contributed by atoms with Crippen LogP contribution < -0.4 is 4.90 Å². The fourth-order valence-corrected chi connectivity index (χ4v) is 1.97. The van der Waals surface area contributed by atoms with E-state index in [0.717, 1.165) is 30.8 Å². The molecule has 1 atom stereocenters. The number of nitrogens with zero attached hydrogens (tertiary/aromatic N) is 1. The predicted molar refractivity (Wildman–Crippen MR) is 69.8 cm³/mol. The highest BCUT2D eigenvalue weighted by atomic mass is 19.1. The van der Waals surface area contributed by atoms with Crippen molar-refractivity contribution in [2.45, 2.75) is 13.0 Å². The van der Waals surface area contributed by atoms with Crippen molar-refractivity contribution in [1.82, 2.24) is 4.98 Å². The van der Waals surface area contributed by atoms with Crippen molar-refractivity contribution >= 4 is 0 Å². The number of likely N-dealkylation sites (N-methyl/N-ethyl adjacent to an activating group) is 1. The first-order valence-electron chi connectivity index (χ1n) is 6.20. The van der Waals surface area contributed by atoms with Crippen molar-refractivity contribution in [2.24, 2.45) is 0 Å². The zero-order valence-corrected chi connectivity index (χ0v) is 10.6. The molecule has 18 heavy (non-hydrogen) atoms. The minimum absolute atomic E-state index is 0.162. The van der Waals surface area contributed by atoms with Gasteiger partial charge in [-0.15, -0.1) is 0 Å². The summed E-state index contributed by atoms with van der Waals surface area (Å²) in [5, 5.41) is 0. The molecule has 1 N–H and O–H groups in total. The van der Waals surface area contributed by atoms with Crippen molar-refractivity contribution in [1.29, 1.82) is 0 Å². The van der Waals surface area contributed by atoms with E-state index >= 15 is 0 Å². The molecule has 1 aromatic heterocycles. The SMILES string of the molecule is C[NH+](CCc1ccccn1)Cc1cccc(F)c1. The number of nitrogens with one attached hydrogen (secondary N) is 1. The molecule has 0 aliphatic rings. The van der Waals surface area contributed by atoms with Crippen LogP contribution >= 0.6 is 0 Å². The Balaban J connectivity index is 1.84. The second kappa shape index (κ2) is 6.26. The zero-order valence-electron chi connectivity index (χ0n) is 10.6. The third-order valence-electron chi connectivity index (χ3n) is 2.93. The first kappa shape index (κ1) is 12.7. The lowest BCUT2D eigenvalue weighted by atomic mass is 10.2. The van der Waals surface area contributed by atoms with Gasteiger partial charge in [0.2, 0.25) is 0 Å². The minimum atomic E-state index is -0.162. The van der Waals surface area contributed by atoms with Crippen LogP contribution in [0.15, 0.2) is 48.7 Å². The van der Waals surface area contributed by atoms with Gasteiger partial charge in [-0.25, -0.2) is 4.39 Å². The van der Waals surface area contributed by atoms with E-state index in [9.17, 15) is 4.39 Å². The lowest BCUT2D eigenvalue weighted by Gasteiger charge is -2.13. The second-order valence-electron chi connectivity index (χ2n) is 4.58. The van der Waals surface area contributed by atoms with Gasteiger partial charge in [0.15, 0.2) is 0 Å². The standard InChI is InChI=1S/C15H17FN2/c1-18(10-8-15-7-2-3-9-17-15)12-13-5-4-6-14(16)11-13/h2-7,9,11H,8,10,12H2,1H3/p+1. The molecule has 0 spiro atoms. The first-order valence-corrected chi connectivity index (χ1v) is 6.20. The fourth-order valence-electron chi connectivity index (χ4n) is 1.97. The molecular weight excluding hydrogens is 227 g/mol. The third-order valence-corrected chi connectivity index (χ3v) is 2.93. The molecule has 1 heterocycles. The van der Waals surface area contributed by atoms with Gasteiger partial charge < -0.3 is 4.90 Å². The molecule has 1 unspecified atom stereocenters. The minimum Gasteiger partial charge on any atom is -0.333 e. The van der Waals surface area contributed by atoms with Crippen LogP contribution in [0.3, 0.4) is 0 Å². The maximum atomic E-state index is 13.0. The maximum Gasteiger partial charge on any atom is 0.123 e. The van der Waals surface area contributed by atoms with Gasteiger partial charge in [-0.05, 0) is 24.3 Å². The Labute approximate surface area is 107 Å². The van der Waals surface area contributed by atoms with Crippen LogP contribution in [0.1, 0.15) is 11.3 Å². The van der Waals surface area contributed by atoms with Gasteiger partial charge in [0, 0.05) is 23.9 Å².